The van der Waals surface area contributed by atoms with Gasteiger partial charge in [0, 0.05) is 1.37 Å². The lowest BCUT2D eigenvalue weighted by atomic mass is 10.0. The highest BCUT2D eigenvalue weighted by Gasteiger charge is 2.25. The molecule has 1 atom stereocenters. The molecule has 0 aliphatic rings. The minimum absolute atomic E-state index is 0.0553. The van der Waals surface area contributed by atoms with E-state index in [4.69, 9.17) is 40.9 Å². The van der Waals surface area contributed by atoms with Gasteiger partial charge in [0.05, 0.1) is 0 Å². The van der Waals surface area contributed by atoms with E-state index in [9.17, 15) is 4.79 Å². The maximum absolute atomic E-state index is 11.6. The number of halogens is 3. The van der Waals surface area contributed by atoms with Crippen LogP contribution < -0.4 is 5.32 Å². The molecule has 0 fully saturated rings. The molecule has 0 bridgehead atoms. The molecule has 0 aromatic heterocycles. The number of carbonyl (C=O) groups is 1. The molecule has 0 saturated carbocycles. The highest BCUT2D eigenvalue weighted by atomic mass is 35.6. The molecule has 90 valence electrons. The summed E-state index contributed by atoms with van der Waals surface area (Å²) in [5, 5.41) is 2.71. The summed E-state index contributed by atoms with van der Waals surface area (Å²) in [6.07, 6.45) is 0.581. The lowest BCUT2D eigenvalue weighted by Gasteiger charge is -2.18. The minimum atomic E-state index is -1.60. The number of likely N-dealkylation sites (N-methyl/N-ethyl adjacent to an activating group) is 1. The van der Waals surface area contributed by atoms with Gasteiger partial charge in [-0.15, -0.1) is 0 Å². The van der Waals surface area contributed by atoms with E-state index in [-0.39, 0.29) is 13.6 Å². The first kappa shape index (κ1) is 13.4. The van der Waals surface area contributed by atoms with Crippen LogP contribution >= 0.6 is 34.8 Å². The molecular formula is C9H16Cl3NO2. The lowest BCUT2D eigenvalue weighted by Crippen LogP contribution is -2.37. The number of carbonyl (C=O) groups excluding carboxylic acids is 1. The van der Waals surface area contributed by atoms with Crippen molar-refractivity contribution < 1.29 is 10.9 Å². The number of esters is 1. The van der Waals surface area contributed by atoms with Crippen LogP contribution in [0.1, 0.15) is 21.6 Å². The van der Waals surface area contributed by atoms with Crippen molar-refractivity contribution >= 4 is 40.8 Å². The van der Waals surface area contributed by atoms with Crippen LogP contribution in [0.25, 0.3) is 0 Å². The van der Waals surface area contributed by atoms with Crippen molar-refractivity contribution in [2.75, 3.05) is 13.6 Å². The average molecular weight is 278 g/mol. The summed E-state index contributed by atoms with van der Waals surface area (Å²) < 4.78 is 10.3. The van der Waals surface area contributed by atoms with Crippen LogP contribution in [0.4, 0.5) is 0 Å². The van der Waals surface area contributed by atoms with E-state index in [1.807, 2.05) is 13.8 Å². The highest BCUT2D eigenvalue weighted by Crippen LogP contribution is 2.26. The molecule has 0 rings (SSSR count). The molecule has 0 aromatic carbocycles. The molecule has 15 heavy (non-hydrogen) atoms. The molecule has 3 nitrogen and oxygen atoms in total. The maximum atomic E-state index is 11.6. The van der Waals surface area contributed by atoms with E-state index in [0.717, 1.165) is 0 Å². The number of rotatable bonds is 5. The zero-order valence-corrected chi connectivity index (χ0v) is 11.0. The zero-order valence-electron chi connectivity index (χ0n) is 9.73. The van der Waals surface area contributed by atoms with E-state index < -0.39 is 15.8 Å². The standard InChI is InChI=1S/C9H16Cl3NO2/c1-6(2)4-7(13-3)8(14)15-5-9(10,11)12/h6-7,13H,4-5H2,1-3H3/t7-/m0/s1/i3D. The molecule has 0 aliphatic heterocycles. The summed E-state index contributed by atoms with van der Waals surface area (Å²) in [6.45, 7) is 3.66. The van der Waals surface area contributed by atoms with Gasteiger partial charge in [0.25, 0.3) is 0 Å². The van der Waals surface area contributed by atoms with Crippen LogP contribution in [-0.2, 0) is 9.53 Å². The average Bonchev–Trinajstić information content (AvgIpc) is 2.11. The summed E-state index contributed by atoms with van der Waals surface area (Å²) in [4.78, 5) is 11.6. The molecule has 0 aromatic rings. The van der Waals surface area contributed by atoms with E-state index >= 15 is 0 Å². The van der Waals surface area contributed by atoms with E-state index in [2.05, 4.69) is 5.32 Å². The Morgan fingerprint density at radius 1 is 1.53 bits per heavy atom. The van der Waals surface area contributed by atoms with E-state index in [1.54, 1.807) is 0 Å². The summed E-state index contributed by atoms with van der Waals surface area (Å²) >= 11 is 16.4. The number of hydrogen-bond acceptors (Lipinski definition) is 3. The summed E-state index contributed by atoms with van der Waals surface area (Å²) in [5.74, 6) is -0.184. The molecule has 0 aliphatic carbocycles. The van der Waals surface area contributed by atoms with Gasteiger partial charge >= 0.3 is 5.97 Å². The van der Waals surface area contributed by atoms with Crippen molar-refractivity contribution in [1.29, 1.82) is 0 Å². The van der Waals surface area contributed by atoms with Gasteiger partial charge in [-0.25, -0.2) is 0 Å². The third kappa shape index (κ3) is 8.14. The van der Waals surface area contributed by atoms with Gasteiger partial charge in [-0.3, -0.25) is 4.79 Å². The van der Waals surface area contributed by atoms with Gasteiger partial charge in [-0.2, -0.15) is 0 Å². The number of nitrogens with one attached hydrogen (secondary N) is 1. The minimum Gasteiger partial charge on any atom is -0.460 e. The van der Waals surface area contributed by atoms with E-state index in [0.29, 0.717) is 12.3 Å². The Kier molecular flexibility index (Phi) is 6.05. The molecule has 1 N–H and O–H groups in total. The Hall–Kier alpha value is 0.300. The predicted octanol–water partition coefficient (Wildman–Crippen LogP) is 2.53. The fourth-order valence-electron chi connectivity index (χ4n) is 0.988. The lowest BCUT2D eigenvalue weighted by molar-refractivity contribution is -0.146. The SMILES string of the molecule is [2H]CN[C@@H](CC(C)C)C(=O)OCC(Cl)(Cl)Cl. The van der Waals surface area contributed by atoms with Crippen molar-refractivity contribution in [3.63, 3.8) is 0 Å². The van der Waals surface area contributed by atoms with Crippen LogP contribution in [0.5, 0.6) is 0 Å². The van der Waals surface area contributed by atoms with Gasteiger partial charge < -0.3 is 10.1 Å². The first-order valence-corrected chi connectivity index (χ1v) is 5.65. The summed E-state index contributed by atoms with van der Waals surface area (Å²) in [7, 11) is -0.0553. The maximum Gasteiger partial charge on any atom is 0.323 e. The monoisotopic (exact) mass is 276 g/mol. The molecule has 0 spiro atoms. The van der Waals surface area contributed by atoms with E-state index in [1.165, 1.54) is 0 Å². The van der Waals surface area contributed by atoms with Crippen LogP contribution in [0, 0.1) is 5.92 Å². The van der Waals surface area contributed by atoms with Gasteiger partial charge in [0.15, 0.2) is 0 Å². The second-order valence-corrected chi connectivity index (χ2v) is 6.13. The molecule has 0 saturated heterocycles. The Morgan fingerprint density at radius 2 is 2.13 bits per heavy atom. The van der Waals surface area contributed by atoms with Gasteiger partial charge in [-0.1, -0.05) is 48.7 Å². The highest BCUT2D eigenvalue weighted by molar-refractivity contribution is 6.67. The topological polar surface area (TPSA) is 38.3 Å². The van der Waals surface area contributed by atoms with Crippen molar-refractivity contribution in [2.24, 2.45) is 5.92 Å². The Bertz CT molecular complexity index is 221. The predicted molar refractivity (Wildman–Crippen MR) is 63.6 cm³/mol. The van der Waals surface area contributed by atoms with Crippen LogP contribution in [0.2, 0.25) is 0 Å². The van der Waals surface area contributed by atoms with Crippen molar-refractivity contribution in [1.82, 2.24) is 5.32 Å². The smallest absolute Gasteiger partial charge is 0.323 e. The Balaban J connectivity index is 4.16. The van der Waals surface area contributed by atoms with Gasteiger partial charge in [-0.05, 0) is 19.4 Å². The number of hydrogen-bond donors (Lipinski definition) is 1. The number of alkyl halides is 3. The normalized spacial score (nSPS) is 14.9. The first-order chi connectivity index (χ1) is 7.26. The largest absolute Gasteiger partial charge is 0.460 e. The van der Waals surface area contributed by atoms with Gasteiger partial charge in [0.1, 0.15) is 12.6 Å². The second-order valence-electron chi connectivity index (χ2n) is 3.61. The fourth-order valence-corrected chi connectivity index (χ4v) is 1.15. The zero-order chi connectivity index (χ0) is 12.8. The van der Waals surface area contributed by atoms with Crippen molar-refractivity contribution in [3.05, 3.63) is 0 Å². The third-order valence-electron chi connectivity index (χ3n) is 1.62. The third-order valence-corrected chi connectivity index (χ3v) is 1.94. The Morgan fingerprint density at radius 3 is 2.53 bits per heavy atom. The summed E-state index contributed by atoms with van der Waals surface area (Å²) in [5.41, 5.74) is 0. The molecule has 0 amide bonds. The molecule has 6 heteroatoms. The fraction of sp³-hybridized carbons (Fsp3) is 0.889. The Labute approximate surface area is 107 Å². The molecule has 0 heterocycles. The van der Waals surface area contributed by atoms with Crippen molar-refractivity contribution in [2.45, 2.75) is 30.1 Å². The number of ether oxygens (including phenoxy) is 1. The molecule has 0 unspecified atom stereocenters. The van der Waals surface area contributed by atoms with Gasteiger partial charge in [0.2, 0.25) is 3.79 Å². The van der Waals surface area contributed by atoms with Crippen LogP contribution in [0.15, 0.2) is 0 Å². The summed E-state index contributed by atoms with van der Waals surface area (Å²) in [6, 6.07) is -0.523. The molecule has 0 radical (unpaired) electrons. The van der Waals surface area contributed by atoms with Crippen LogP contribution in [0.3, 0.4) is 0 Å². The first-order valence-electron chi connectivity index (χ1n) is 5.23. The quantitative estimate of drug-likeness (QED) is 0.620. The second kappa shape index (κ2) is 6.79. The van der Waals surface area contributed by atoms with Crippen LogP contribution in [-0.4, -0.2) is 29.4 Å². The van der Waals surface area contributed by atoms with Crippen molar-refractivity contribution in [3.8, 4) is 0 Å². The molecular weight excluding hydrogens is 260 g/mol.